The monoisotopic (exact) mass is 260 g/mol. The lowest BCUT2D eigenvalue weighted by Crippen LogP contribution is -2.16. The highest BCUT2D eigenvalue weighted by atomic mass is 16.5. The molecule has 0 fully saturated rings. The van der Waals surface area contributed by atoms with Crippen molar-refractivity contribution < 1.29 is 4.74 Å². The highest BCUT2D eigenvalue weighted by Gasteiger charge is 2.09. The normalized spacial score (nSPS) is 12.4. The first-order valence-electron chi connectivity index (χ1n) is 6.42. The Morgan fingerprint density at radius 3 is 2.84 bits per heavy atom. The summed E-state index contributed by atoms with van der Waals surface area (Å²) in [5, 5.41) is 10.5. The third-order valence-electron chi connectivity index (χ3n) is 2.86. The van der Waals surface area contributed by atoms with E-state index in [0.29, 0.717) is 5.92 Å². The number of benzene rings is 1. The molecule has 2 rings (SSSR count). The molecule has 0 saturated carbocycles. The van der Waals surface area contributed by atoms with Crippen LogP contribution in [0, 0.1) is 12.8 Å². The number of nitrogens with zero attached hydrogens (tertiary/aromatic N) is 2. The highest BCUT2D eigenvalue weighted by molar-refractivity contribution is 5.73. The molecule has 0 aliphatic rings. The number of nitrogens with one attached hydrogen (secondary N) is 2. The number of methoxy groups -OCH3 is 1. The van der Waals surface area contributed by atoms with Crippen molar-refractivity contribution in [2.45, 2.75) is 13.8 Å². The van der Waals surface area contributed by atoms with Gasteiger partial charge in [-0.2, -0.15) is 5.10 Å². The molecule has 1 aromatic heterocycles. The van der Waals surface area contributed by atoms with E-state index in [1.807, 2.05) is 31.2 Å². The van der Waals surface area contributed by atoms with Crippen LogP contribution in [0.5, 0.6) is 0 Å². The number of anilines is 1. The van der Waals surface area contributed by atoms with E-state index < -0.39 is 0 Å². The van der Waals surface area contributed by atoms with Gasteiger partial charge in [0.25, 0.3) is 0 Å². The van der Waals surface area contributed by atoms with Gasteiger partial charge in [0.1, 0.15) is 5.82 Å². The molecule has 0 saturated heterocycles. The summed E-state index contributed by atoms with van der Waals surface area (Å²) in [4.78, 5) is 4.37. The molecule has 1 heterocycles. The van der Waals surface area contributed by atoms with Gasteiger partial charge in [-0.15, -0.1) is 0 Å². The molecule has 5 nitrogen and oxygen atoms in total. The number of rotatable bonds is 6. The number of para-hydroxylation sites is 1. The third-order valence-corrected chi connectivity index (χ3v) is 2.86. The fourth-order valence-electron chi connectivity index (χ4n) is 1.92. The summed E-state index contributed by atoms with van der Waals surface area (Å²) in [5.41, 5.74) is 2.06. The fourth-order valence-corrected chi connectivity index (χ4v) is 1.92. The van der Waals surface area contributed by atoms with Gasteiger partial charge in [0, 0.05) is 24.9 Å². The van der Waals surface area contributed by atoms with Crippen LogP contribution in [0.15, 0.2) is 24.3 Å². The standard InChI is InChI=1S/C14H20N4O/c1-10(9-19-3)8-15-13-7-5-4-6-12(13)14-16-11(2)17-18-14/h4-7,10,15H,8-9H2,1-3H3,(H,16,17,18). The summed E-state index contributed by atoms with van der Waals surface area (Å²) in [5.74, 6) is 1.99. The Labute approximate surface area is 113 Å². The predicted molar refractivity (Wildman–Crippen MR) is 76.1 cm³/mol. The number of hydrogen-bond donors (Lipinski definition) is 2. The van der Waals surface area contributed by atoms with Crippen molar-refractivity contribution in [3.63, 3.8) is 0 Å². The molecule has 5 heteroatoms. The summed E-state index contributed by atoms with van der Waals surface area (Å²) in [6, 6.07) is 8.06. The lowest BCUT2D eigenvalue weighted by atomic mass is 10.1. The van der Waals surface area contributed by atoms with Crippen LogP contribution in [0.2, 0.25) is 0 Å². The number of aromatic nitrogens is 3. The molecule has 102 valence electrons. The van der Waals surface area contributed by atoms with Gasteiger partial charge in [0.15, 0.2) is 5.82 Å². The maximum absolute atomic E-state index is 5.14. The largest absolute Gasteiger partial charge is 0.384 e. The van der Waals surface area contributed by atoms with E-state index in [0.717, 1.165) is 36.1 Å². The van der Waals surface area contributed by atoms with E-state index in [9.17, 15) is 0 Å². The van der Waals surface area contributed by atoms with Crippen LogP contribution in [0.4, 0.5) is 5.69 Å². The van der Waals surface area contributed by atoms with Crippen LogP contribution in [0.25, 0.3) is 11.4 Å². The summed E-state index contributed by atoms with van der Waals surface area (Å²) >= 11 is 0. The Morgan fingerprint density at radius 1 is 1.37 bits per heavy atom. The Morgan fingerprint density at radius 2 is 2.16 bits per heavy atom. The first kappa shape index (κ1) is 13.5. The molecule has 1 unspecified atom stereocenters. The van der Waals surface area contributed by atoms with Crippen molar-refractivity contribution >= 4 is 5.69 Å². The van der Waals surface area contributed by atoms with E-state index in [4.69, 9.17) is 4.74 Å². The number of aromatic amines is 1. The lowest BCUT2D eigenvalue weighted by Gasteiger charge is -2.14. The molecule has 0 aliphatic heterocycles. The van der Waals surface area contributed by atoms with Crippen LogP contribution in [0.1, 0.15) is 12.7 Å². The second-order valence-electron chi connectivity index (χ2n) is 4.73. The van der Waals surface area contributed by atoms with Gasteiger partial charge < -0.3 is 10.1 Å². The number of aryl methyl sites for hydroxylation is 1. The second kappa shape index (κ2) is 6.33. The molecule has 0 radical (unpaired) electrons. The third kappa shape index (κ3) is 3.54. The Hall–Kier alpha value is -1.88. The van der Waals surface area contributed by atoms with Gasteiger partial charge in [-0.1, -0.05) is 19.1 Å². The molecule has 1 aromatic carbocycles. The van der Waals surface area contributed by atoms with Crippen LogP contribution < -0.4 is 5.32 Å². The predicted octanol–water partition coefficient (Wildman–Crippen LogP) is 2.47. The molecule has 0 amide bonds. The van der Waals surface area contributed by atoms with Gasteiger partial charge in [0.05, 0.1) is 6.61 Å². The lowest BCUT2D eigenvalue weighted by molar-refractivity contribution is 0.164. The minimum absolute atomic E-state index is 0.451. The molecule has 0 bridgehead atoms. The Balaban J connectivity index is 2.13. The number of hydrogen-bond acceptors (Lipinski definition) is 4. The topological polar surface area (TPSA) is 62.8 Å². The zero-order valence-electron chi connectivity index (χ0n) is 11.6. The zero-order valence-corrected chi connectivity index (χ0v) is 11.6. The molecule has 2 N–H and O–H groups in total. The van der Waals surface area contributed by atoms with E-state index in [1.165, 1.54) is 0 Å². The smallest absolute Gasteiger partial charge is 0.183 e. The van der Waals surface area contributed by atoms with Gasteiger partial charge in [0.2, 0.25) is 0 Å². The molecular formula is C14H20N4O. The molecule has 0 spiro atoms. The van der Waals surface area contributed by atoms with Gasteiger partial charge in [-0.25, -0.2) is 4.98 Å². The van der Waals surface area contributed by atoms with Crippen molar-refractivity contribution in [1.29, 1.82) is 0 Å². The number of H-pyrrole nitrogens is 1. The van der Waals surface area contributed by atoms with E-state index in [1.54, 1.807) is 7.11 Å². The van der Waals surface area contributed by atoms with E-state index in [-0.39, 0.29) is 0 Å². The van der Waals surface area contributed by atoms with Crippen molar-refractivity contribution in [3.05, 3.63) is 30.1 Å². The summed E-state index contributed by atoms with van der Waals surface area (Å²) < 4.78 is 5.14. The van der Waals surface area contributed by atoms with Crippen molar-refractivity contribution in [3.8, 4) is 11.4 Å². The molecule has 0 aliphatic carbocycles. The SMILES string of the molecule is COCC(C)CNc1ccccc1-c1n[nH]c(C)n1. The van der Waals surface area contributed by atoms with Crippen LogP contribution in [-0.2, 0) is 4.74 Å². The summed E-state index contributed by atoms with van der Waals surface area (Å²) in [6.07, 6.45) is 0. The van der Waals surface area contributed by atoms with Crippen LogP contribution in [0.3, 0.4) is 0 Å². The highest BCUT2D eigenvalue weighted by Crippen LogP contribution is 2.24. The van der Waals surface area contributed by atoms with E-state index >= 15 is 0 Å². The van der Waals surface area contributed by atoms with Crippen molar-refractivity contribution in [1.82, 2.24) is 15.2 Å². The molecule has 19 heavy (non-hydrogen) atoms. The summed E-state index contributed by atoms with van der Waals surface area (Å²) in [7, 11) is 1.72. The Kier molecular flexibility index (Phi) is 4.52. The Bertz CT molecular complexity index is 524. The quantitative estimate of drug-likeness (QED) is 0.837. The fraction of sp³-hybridized carbons (Fsp3) is 0.429. The molecule has 1 atom stereocenters. The van der Waals surface area contributed by atoms with Gasteiger partial charge in [-0.3, -0.25) is 5.10 Å². The van der Waals surface area contributed by atoms with Gasteiger partial charge >= 0.3 is 0 Å². The van der Waals surface area contributed by atoms with Crippen molar-refractivity contribution in [2.75, 3.05) is 25.6 Å². The minimum atomic E-state index is 0.451. The van der Waals surface area contributed by atoms with Crippen LogP contribution in [-0.4, -0.2) is 35.4 Å². The van der Waals surface area contributed by atoms with Gasteiger partial charge in [-0.05, 0) is 25.0 Å². The maximum atomic E-state index is 5.14. The van der Waals surface area contributed by atoms with E-state index in [2.05, 4.69) is 27.4 Å². The second-order valence-corrected chi connectivity index (χ2v) is 4.73. The summed E-state index contributed by atoms with van der Waals surface area (Å²) in [6.45, 7) is 5.65. The average Bonchev–Trinajstić information content (AvgIpc) is 2.84. The molecule has 2 aromatic rings. The maximum Gasteiger partial charge on any atom is 0.183 e. The van der Waals surface area contributed by atoms with Crippen LogP contribution >= 0.6 is 0 Å². The first-order valence-corrected chi connectivity index (χ1v) is 6.42. The number of ether oxygens (including phenoxy) is 1. The average molecular weight is 260 g/mol. The zero-order chi connectivity index (χ0) is 13.7. The first-order chi connectivity index (χ1) is 9.20. The molecular weight excluding hydrogens is 240 g/mol. The van der Waals surface area contributed by atoms with Crippen molar-refractivity contribution in [2.24, 2.45) is 5.92 Å². The minimum Gasteiger partial charge on any atom is -0.384 e.